The lowest BCUT2D eigenvalue weighted by atomic mass is 9.87. The third-order valence-electron chi connectivity index (χ3n) is 4.57. The van der Waals surface area contributed by atoms with E-state index in [0.29, 0.717) is 6.54 Å². The Labute approximate surface area is 152 Å². The van der Waals surface area contributed by atoms with Gasteiger partial charge in [0, 0.05) is 17.7 Å². The van der Waals surface area contributed by atoms with Crippen molar-refractivity contribution in [3.8, 4) is 17.2 Å². The molecule has 130 valence electrons. The molecule has 0 bridgehead atoms. The fourth-order valence-electron chi connectivity index (χ4n) is 3.23. The van der Waals surface area contributed by atoms with E-state index in [9.17, 15) is 4.79 Å². The molecule has 3 aromatic rings. The van der Waals surface area contributed by atoms with Crippen molar-refractivity contribution in [1.29, 1.82) is 0 Å². The third kappa shape index (κ3) is 3.02. The highest BCUT2D eigenvalue weighted by Gasteiger charge is 2.32. The molecule has 0 radical (unpaired) electrons. The molecule has 0 atom stereocenters. The maximum Gasteiger partial charge on any atom is 0.232 e. The van der Waals surface area contributed by atoms with Crippen molar-refractivity contribution in [1.82, 2.24) is 5.32 Å². The zero-order valence-electron chi connectivity index (χ0n) is 14.4. The molecule has 4 heteroatoms. The Morgan fingerprint density at radius 2 is 1.50 bits per heavy atom. The van der Waals surface area contributed by atoms with Gasteiger partial charge in [-0.3, -0.25) is 4.79 Å². The van der Waals surface area contributed by atoms with Gasteiger partial charge in [0.1, 0.15) is 17.2 Å². The molecule has 1 aliphatic rings. The van der Waals surface area contributed by atoms with Crippen LogP contribution in [0.1, 0.15) is 22.6 Å². The minimum absolute atomic E-state index is 0.0379. The molecule has 0 saturated carbocycles. The summed E-state index contributed by atoms with van der Waals surface area (Å²) in [5.41, 5.74) is 2.80. The maximum atomic E-state index is 13.0. The van der Waals surface area contributed by atoms with Crippen molar-refractivity contribution < 1.29 is 14.3 Å². The first-order chi connectivity index (χ1) is 12.8. The molecular formula is C22H19NO3. The molecule has 0 fully saturated rings. The van der Waals surface area contributed by atoms with E-state index in [-0.39, 0.29) is 11.8 Å². The number of amides is 1. The molecule has 0 aromatic heterocycles. The molecule has 3 aromatic carbocycles. The van der Waals surface area contributed by atoms with Gasteiger partial charge in [0.05, 0.1) is 13.0 Å². The number of carbonyl (C=O) groups is 1. The van der Waals surface area contributed by atoms with Crippen LogP contribution in [0.25, 0.3) is 0 Å². The Bertz CT molecular complexity index is 889. The fourth-order valence-corrected chi connectivity index (χ4v) is 3.23. The van der Waals surface area contributed by atoms with E-state index >= 15 is 0 Å². The Balaban J connectivity index is 1.59. The van der Waals surface area contributed by atoms with E-state index < -0.39 is 0 Å². The summed E-state index contributed by atoms with van der Waals surface area (Å²) in [7, 11) is 1.64. The number of hydrogen-bond acceptors (Lipinski definition) is 3. The van der Waals surface area contributed by atoms with Crippen molar-refractivity contribution in [3.05, 3.63) is 89.5 Å². The van der Waals surface area contributed by atoms with Crippen molar-refractivity contribution in [3.63, 3.8) is 0 Å². The van der Waals surface area contributed by atoms with Crippen LogP contribution in [0, 0.1) is 0 Å². The van der Waals surface area contributed by atoms with E-state index in [4.69, 9.17) is 9.47 Å². The molecule has 1 amide bonds. The second-order valence-corrected chi connectivity index (χ2v) is 6.18. The van der Waals surface area contributed by atoms with E-state index in [2.05, 4.69) is 5.32 Å². The second-order valence-electron chi connectivity index (χ2n) is 6.18. The van der Waals surface area contributed by atoms with Crippen molar-refractivity contribution in [2.45, 2.75) is 12.5 Å². The molecule has 26 heavy (non-hydrogen) atoms. The molecule has 0 spiro atoms. The summed E-state index contributed by atoms with van der Waals surface area (Å²) in [5, 5.41) is 3.05. The van der Waals surface area contributed by atoms with E-state index in [0.717, 1.165) is 33.9 Å². The molecule has 0 unspecified atom stereocenters. The Morgan fingerprint density at radius 3 is 2.08 bits per heavy atom. The Kier molecular flexibility index (Phi) is 4.32. The topological polar surface area (TPSA) is 47.6 Å². The number of nitrogens with one attached hydrogen (secondary N) is 1. The average molecular weight is 345 g/mol. The molecule has 1 aliphatic heterocycles. The van der Waals surface area contributed by atoms with Crippen LogP contribution in [0.15, 0.2) is 72.8 Å². The average Bonchev–Trinajstić information content (AvgIpc) is 2.70. The summed E-state index contributed by atoms with van der Waals surface area (Å²) < 4.78 is 11.1. The van der Waals surface area contributed by atoms with Crippen LogP contribution in [-0.2, 0) is 11.3 Å². The number of para-hydroxylation sites is 2. The lowest BCUT2D eigenvalue weighted by molar-refractivity contribution is -0.122. The van der Waals surface area contributed by atoms with Gasteiger partial charge in [-0.25, -0.2) is 0 Å². The first-order valence-electron chi connectivity index (χ1n) is 8.52. The van der Waals surface area contributed by atoms with Crippen LogP contribution in [0.4, 0.5) is 0 Å². The molecule has 0 aliphatic carbocycles. The van der Waals surface area contributed by atoms with Crippen LogP contribution in [0.3, 0.4) is 0 Å². The van der Waals surface area contributed by atoms with Crippen LogP contribution in [0.2, 0.25) is 0 Å². The van der Waals surface area contributed by atoms with Gasteiger partial charge in [-0.15, -0.1) is 0 Å². The summed E-state index contributed by atoms with van der Waals surface area (Å²) in [6.07, 6.45) is 0. The number of hydrogen-bond donors (Lipinski definition) is 1. The van der Waals surface area contributed by atoms with Crippen molar-refractivity contribution >= 4 is 5.91 Å². The third-order valence-corrected chi connectivity index (χ3v) is 4.57. The monoisotopic (exact) mass is 345 g/mol. The number of benzene rings is 3. The SMILES string of the molecule is COc1ccc(CNC(=O)C2c3ccccc3Oc3ccccc32)cc1. The Morgan fingerprint density at radius 1 is 0.923 bits per heavy atom. The lowest BCUT2D eigenvalue weighted by Gasteiger charge is -2.27. The highest BCUT2D eigenvalue weighted by molar-refractivity contribution is 5.89. The number of rotatable bonds is 4. The molecule has 4 nitrogen and oxygen atoms in total. The normalized spacial score (nSPS) is 12.5. The summed E-state index contributed by atoms with van der Waals surface area (Å²) in [6.45, 7) is 0.463. The van der Waals surface area contributed by atoms with Gasteiger partial charge in [-0.1, -0.05) is 48.5 Å². The summed E-state index contributed by atoms with van der Waals surface area (Å²) >= 11 is 0. The molecule has 4 rings (SSSR count). The van der Waals surface area contributed by atoms with Crippen LogP contribution in [-0.4, -0.2) is 13.0 Å². The molecule has 1 heterocycles. The predicted octanol–water partition coefficient (Wildman–Crippen LogP) is 4.25. The zero-order chi connectivity index (χ0) is 17.9. The van der Waals surface area contributed by atoms with E-state index in [1.807, 2.05) is 72.8 Å². The lowest BCUT2D eigenvalue weighted by Crippen LogP contribution is -2.31. The van der Waals surface area contributed by atoms with Crippen LogP contribution >= 0.6 is 0 Å². The fraction of sp³-hybridized carbons (Fsp3) is 0.136. The second kappa shape index (κ2) is 6.92. The summed E-state index contributed by atoms with van der Waals surface area (Å²) in [4.78, 5) is 13.0. The predicted molar refractivity (Wildman–Crippen MR) is 99.6 cm³/mol. The van der Waals surface area contributed by atoms with Crippen LogP contribution < -0.4 is 14.8 Å². The van der Waals surface area contributed by atoms with Gasteiger partial charge < -0.3 is 14.8 Å². The van der Waals surface area contributed by atoms with Gasteiger partial charge in [0.15, 0.2) is 0 Å². The maximum absolute atomic E-state index is 13.0. The minimum atomic E-state index is -0.380. The summed E-state index contributed by atoms with van der Waals surface area (Å²) in [5.74, 6) is 1.84. The number of fused-ring (bicyclic) bond motifs is 2. The minimum Gasteiger partial charge on any atom is -0.497 e. The van der Waals surface area contributed by atoms with Gasteiger partial charge >= 0.3 is 0 Å². The highest BCUT2D eigenvalue weighted by Crippen LogP contribution is 2.43. The van der Waals surface area contributed by atoms with Crippen LogP contribution in [0.5, 0.6) is 17.2 Å². The Hall–Kier alpha value is -3.27. The van der Waals surface area contributed by atoms with Gasteiger partial charge in [-0.05, 0) is 29.8 Å². The first-order valence-corrected chi connectivity index (χ1v) is 8.52. The van der Waals surface area contributed by atoms with Crippen molar-refractivity contribution in [2.75, 3.05) is 7.11 Å². The van der Waals surface area contributed by atoms with Gasteiger partial charge in [0.2, 0.25) is 5.91 Å². The zero-order valence-corrected chi connectivity index (χ0v) is 14.4. The van der Waals surface area contributed by atoms with Crippen molar-refractivity contribution in [2.24, 2.45) is 0 Å². The highest BCUT2D eigenvalue weighted by atomic mass is 16.5. The quantitative estimate of drug-likeness (QED) is 0.769. The van der Waals surface area contributed by atoms with Gasteiger partial charge in [-0.2, -0.15) is 0 Å². The van der Waals surface area contributed by atoms with Gasteiger partial charge in [0.25, 0.3) is 0 Å². The molecule has 0 saturated heterocycles. The number of ether oxygens (including phenoxy) is 2. The standard InChI is InChI=1S/C22H19NO3/c1-25-16-12-10-15(11-13-16)14-23-22(24)21-17-6-2-4-8-19(17)26-20-9-5-3-7-18(20)21/h2-13,21H,14H2,1H3,(H,23,24). The number of methoxy groups -OCH3 is 1. The molecular weight excluding hydrogens is 326 g/mol. The van der Waals surface area contributed by atoms with E-state index in [1.165, 1.54) is 0 Å². The first kappa shape index (κ1) is 16.2. The number of carbonyl (C=O) groups excluding carboxylic acids is 1. The molecule has 1 N–H and O–H groups in total. The summed E-state index contributed by atoms with van der Waals surface area (Å²) in [6, 6.07) is 23.1. The largest absolute Gasteiger partial charge is 0.497 e. The van der Waals surface area contributed by atoms with E-state index in [1.54, 1.807) is 7.11 Å². The smallest absolute Gasteiger partial charge is 0.232 e.